The van der Waals surface area contributed by atoms with Gasteiger partial charge >= 0.3 is 0 Å². The number of carbonyl (C=O) groups is 1. The van der Waals surface area contributed by atoms with Crippen molar-refractivity contribution < 1.29 is 4.79 Å². The molecule has 1 aromatic heterocycles. The van der Waals surface area contributed by atoms with Crippen LogP contribution < -0.4 is 5.32 Å². The van der Waals surface area contributed by atoms with Gasteiger partial charge in [-0.15, -0.1) is 0 Å². The first-order valence-corrected chi connectivity index (χ1v) is 4.81. The molecule has 0 amide bonds. The number of Topliss-reactive ketones (excluding diaryl/α,β-unsaturated/α-hetero) is 1. The molecular weight excluding hydrogens is 176 g/mol. The average molecular weight is 192 g/mol. The Hall–Kier alpha value is -1.38. The molecule has 0 spiro atoms. The van der Waals surface area contributed by atoms with E-state index in [4.69, 9.17) is 0 Å². The van der Waals surface area contributed by atoms with Crippen molar-refractivity contribution in [3.63, 3.8) is 0 Å². The van der Waals surface area contributed by atoms with Crippen molar-refractivity contribution in [3.8, 4) is 0 Å². The third-order valence-corrected chi connectivity index (χ3v) is 1.94. The number of carbonyl (C=O) groups excluding carboxylic acids is 1. The summed E-state index contributed by atoms with van der Waals surface area (Å²) in [7, 11) is 1.77. The Morgan fingerprint density at radius 1 is 1.57 bits per heavy atom. The minimum Gasteiger partial charge on any atom is -0.373 e. The highest BCUT2D eigenvalue weighted by Crippen LogP contribution is 2.15. The van der Waals surface area contributed by atoms with Crippen LogP contribution >= 0.6 is 0 Å². The van der Waals surface area contributed by atoms with Crippen LogP contribution in [0.15, 0.2) is 18.3 Å². The topological polar surface area (TPSA) is 42.0 Å². The lowest BCUT2D eigenvalue weighted by molar-refractivity contribution is 0.0968. The van der Waals surface area contributed by atoms with E-state index >= 15 is 0 Å². The van der Waals surface area contributed by atoms with Crippen molar-refractivity contribution in [1.82, 2.24) is 4.98 Å². The van der Waals surface area contributed by atoms with E-state index in [1.807, 2.05) is 19.9 Å². The number of pyridine rings is 1. The summed E-state index contributed by atoms with van der Waals surface area (Å²) in [6.45, 7) is 4.07. The predicted molar refractivity (Wildman–Crippen MR) is 57.6 cm³/mol. The third-order valence-electron chi connectivity index (χ3n) is 1.94. The molecule has 76 valence electrons. The van der Waals surface area contributed by atoms with Gasteiger partial charge < -0.3 is 5.32 Å². The summed E-state index contributed by atoms with van der Waals surface area (Å²) in [5.74, 6) is 1.20. The summed E-state index contributed by atoms with van der Waals surface area (Å²) in [6, 6.07) is 3.60. The smallest absolute Gasteiger partial charge is 0.166 e. The number of nitrogens with one attached hydrogen (secondary N) is 1. The van der Waals surface area contributed by atoms with Gasteiger partial charge in [0.25, 0.3) is 0 Å². The molecule has 3 nitrogen and oxygen atoms in total. The molecule has 1 aromatic rings. The SMILES string of the molecule is CNc1ncccc1C(=O)CC(C)C. The first-order valence-electron chi connectivity index (χ1n) is 4.81. The highest BCUT2D eigenvalue weighted by molar-refractivity contribution is 6.00. The molecule has 14 heavy (non-hydrogen) atoms. The van der Waals surface area contributed by atoms with Gasteiger partial charge in [0.1, 0.15) is 5.82 Å². The fourth-order valence-electron chi connectivity index (χ4n) is 1.31. The van der Waals surface area contributed by atoms with Crippen LogP contribution in [-0.2, 0) is 0 Å². The normalized spacial score (nSPS) is 10.3. The lowest BCUT2D eigenvalue weighted by Gasteiger charge is -2.07. The molecule has 0 aliphatic heterocycles. The molecule has 1 rings (SSSR count). The molecule has 3 heteroatoms. The Labute approximate surface area is 84.6 Å². The van der Waals surface area contributed by atoms with E-state index in [0.717, 1.165) is 0 Å². The maximum absolute atomic E-state index is 11.8. The summed E-state index contributed by atoms with van der Waals surface area (Å²) in [4.78, 5) is 15.8. The molecule has 0 saturated heterocycles. The number of hydrogen-bond donors (Lipinski definition) is 1. The lowest BCUT2D eigenvalue weighted by atomic mass is 10.0. The van der Waals surface area contributed by atoms with Gasteiger partial charge in [-0.2, -0.15) is 0 Å². The largest absolute Gasteiger partial charge is 0.373 e. The fourth-order valence-corrected chi connectivity index (χ4v) is 1.31. The van der Waals surface area contributed by atoms with Crippen LogP contribution in [0.1, 0.15) is 30.6 Å². The molecule has 0 unspecified atom stereocenters. The van der Waals surface area contributed by atoms with Gasteiger partial charge in [0, 0.05) is 19.7 Å². The van der Waals surface area contributed by atoms with Crippen LogP contribution in [0.5, 0.6) is 0 Å². The van der Waals surface area contributed by atoms with Gasteiger partial charge in [0.15, 0.2) is 5.78 Å². The second-order valence-electron chi connectivity index (χ2n) is 3.67. The predicted octanol–water partition coefficient (Wildman–Crippen LogP) is 2.35. The summed E-state index contributed by atoms with van der Waals surface area (Å²) < 4.78 is 0. The van der Waals surface area contributed by atoms with Crippen molar-refractivity contribution in [2.75, 3.05) is 12.4 Å². The van der Waals surface area contributed by atoms with E-state index in [1.54, 1.807) is 19.3 Å². The maximum Gasteiger partial charge on any atom is 0.166 e. The quantitative estimate of drug-likeness (QED) is 0.744. The first kappa shape index (κ1) is 10.7. The molecule has 0 fully saturated rings. The Balaban J connectivity index is 2.88. The van der Waals surface area contributed by atoms with Crippen molar-refractivity contribution in [2.24, 2.45) is 5.92 Å². The van der Waals surface area contributed by atoms with Gasteiger partial charge in [0.2, 0.25) is 0 Å². The zero-order chi connectivity index (χ0) is 10.6. The number of nitrogens with zero attached hydrogens (tertiary/aromatic N) is 1. The van der Waals surface area contributed by atoms with Gasteiger partial charge in [-0.3, -0.25) is 4.79 Å². The highest BCUT2D eigenvalue weighted by Gasteiger charge is 2.12. The van der Waals surface area contributed by atoms with E-state index in [2.05, 4.69) is 10.3 Å². The molecular formula is C11H16N2O. The van der Waals surface area contributed by atoms with E-state index in [-0.39, 0.29) is 5.78 Å². The molecule has 0 saturated carbocycles. The average Bonchev–Trinajstić information content (AvgIpc) is 2.16. The van der Waals surface area contributed by atoms with Crippen LogP contribution in [-0.4, -0.2) is 17.8 Å². The van der Waals surface area contributed by atoms with Crippen LogP contribution in [0.2, 0.25) is 0 Å². The molecule has 0 aromatic carbocycles. The van der Waals surface area contributed by atoms with Crippen molar-refractivity contribution in [3.05, 3.63) is 23.9 Å². The number of ketones is 1. The van der Waals surface area contributed by atoms with Crippen molar-refractivity contribution in [1.29, 1.82) is 0 Å². The maximum atomic E-state index is 11.8. The third kappa shape index (κ3) is 2.55. The molecule has 1 N–H and O–H groups in total. The molecule has 0 aliphatic rings. The van der Waals surface area contributed by atoms with Gasteiger partial charge in [-0.25, -0.2) is 4.98 Å². The monoisotopic (exact) mass is 192 g/mol. The molecule has 1 heterocycles. The van der Waals surface area contributed by atoms with Crippen molar-refractivity contribution >= 4 is 11.6 Å². The Morgan fingerprint density at radius 2 is 2.29 bits per heavy atom. The molecule has 0 aliphatic carbocycles. The fraction of sp³-hybridized carbons (Fsp3) is 0.455. The molecule has 0 radical (unpaired) electrons. The number of rotatable bonds is 4. The van der Waals surface area contributed by atoms with Crippen LogP contribution in [0.3, 0.4) is 0 Å². The number of aromatic nitrogens is 1. The first-order chi connectivity index (χ1) is 6.65. The van der Waals surface area contributed by atoms with Gasteiger partial charge in [-0.05, 0) is 18.1 Å². The highest BCUT2D eigenvalue weighted by atomic mass is 16.1. The second kappa shape index (κ2) is 4.74. The van der Waals surface area contributed by atoms with Gasteiger partial charge in [-0.1, -0.05) is 13.8 Å². The van der Waals surface area contributed by atoms with Gasteiger partial charge in [0.05, 0.1) is 5.56 Å². The zero-order valence-corrected chi connectivity index (χ0v) is 8.87. The van der Waals surface area contributed by atoms with Crippen molar-refractivity contribution in [2.45, 2.75) is 20.3 Å². The zero-order valence-electron chi connectivity index (χ0n) is 8.87. The molecule has 0 atom stereocenters. The summed E-state index contributed by atoms with van der Waals surface area (Å²) in [5.41, 5.74) is 0.684. The standard InChI is InChI=1S/C11H16N2O/c1-8(2)7-10(14)9-5-4-6-13-11(9)12-3/h4-6,8H,7H2,1-3H3,(H,12,13). The Kier molecular flexibility index (Phi) is 3.63. The molecule has 0 bridgehead atoms. The van der Waals surface area contributed by atoms with E-state index < -0.39 is 0 Å². The minimum atomic E-state index is 0.150. The summed E-state index contributed by atoms with van der Waals surface area (Å²) in [6.07, 6.45) is 2.25. The van der Waals surface area contributed by atoms with E-state index in [1.165, 1.54) is 0 Å². The van der Waals surface area contributed by atoms with E-state index in [0.29, 0.717) is 23.7 Å². The Bertz CT molecular complexity index is 321. The van der Waals surface area contributed by atoms with Crippen LogP contribution in [0.4, 0.5) is 5.82 Å². The second-order valence-corrected chi connectivity index (χ2v) is 3.67. The van der Waals surface area contributed by atoms with Crippen LogP contribution in [0, 0.1) is 5.92 Å². The van der Waals surface area contributed by atoms with E-state index in [9.17, 15) is 4.79 Å². The summed E-state index contributed by atoms with van der Waals surface area (Å²) in [5, 5.41) is 2.92. The van der Waals surface area contributed by atoms with Crippen LogP contribution in [0.25, 0.3) is 0 Å². The minimum absolute atomic E-state index is 0.150. The lowest BCUT2D eigenvalue weighted by Crippen LogP contribution is -2.07. The number of anilines is 1. The Morgan fingerprint density at radius 3 is 2.86 bits per heavy atom. The summed E-state index contributed by atoms with van der Waals surface area (Å²) >= 11 is 0. The number of hydrogen-bond acceptors (Lipinski definition) is 3.